The van der Waals surface area contributed by atoms with E-state index in [1.165, 1.54) is 38.4 Å². The molecule has 0 bridgehead atoms. The van der Waals surface area contributed by atoms with Gasteiger partial charge in [0.15, 0.2) is 5.76 Å². The molecule has 154 valence electrons. The molecule has 0 unspecified atom stereocenters. The molecule has 3 amide bonds. The molecule has 29 heavy (non-hydrogen) atoms. The molecule has 1 aliphatic rings. The number of hydrogen-bond acceptors (Lipinski definition) is 3. The number of anilines is 1. The molecule has 0 spiro atoms. The Morgan fingerprint density at radius 1 is 1.17 bits per heavy atom. The molecule has 1 saturated carbocycles. The third-order valence-electron chi connectivity index (χ3n) is 5.21. The second-order valence-electron chi connectivity index (χ2n) is 7.49. The maximum atomic E-state index is 12.7. The lowest BCUT2D eigenvalue weighted by molar-refractivity contribution is 0.0996. The van der Waals surface area contributed by atoms with Crippen molar-refractivity contribution in [1.82, 2.24) is 10.2 Å². The summed E-state index contributed by atoms with van der Waals surface area (Å²) in [5.41, 5.74) is 1.56. The van der Waals surface area contributed by atoms with Crippen LogP contribution in [-0.4, -0.2) is 29.9 Å². The first-order valence-corrected chi connectivity index (χ1v) is 10.2. The molecule has 1 aromatic heterocycles. The molecule has 1 fully saturated rings. The van der Waals surface area contributed by atoms with E-state index in [9.17, 15) is 9.59 Å². The largest absolute Gasteiger partial charge is 0.459 e. The minimum absolute atomic E-state index is 0.0829. The standard InChI is InChI=1S/C23H29N3O3/c1-2-13-26(17-18-8-4-3-5-9-18)23(28)24-16-19-10-6-11-20(15-19)25-22(27)21-12-7-14-29-21/h2,6-7,10-12,14-15,18H,1,3-5,8-9,13,16-17H2,(H,24,28)(H,25,27). The van der Waals surface area contributed by atoms with Gasteiger partial charge in [0.25, 0.3) is 5.91 Å². The number of amides is 3. The van der Waals surface area contributed by atoms with Crippen molar-refractivity contribution in [3.8, 4) is 0 Å². The second-order valence-corrected chi connectivity index (χ2v) is 7.49. The highest BCUT2D eigenvalue weighted by atomic mass is 16.3. The van der Waals surface area contributed by atoms with E-state index in [1.807, 2.05) is 23.1 Å². The van der Waals surface area contributed by atoms with Crippen LogP contribution in [0.25, 0.3) is 0 Å². The molecule has 2 N–H and O–H groups in total. The molecule has 0 saturated heterocycles. The fraction of sp³-hybridized carbons (Fsp3) is 0.391. The summed E-state index contributed by atoms with van der Waals surface area (Å²) in [6.07, 6.45) is 9.43. The number of urea groups is 1. The summed E-state index contributed by atoms with van der Waals surface area (Å²) >= 11 is 0. The molecule has 6 heteroatoms. The van der Waals surface area contributed by atoms with Gasteiger partial charge in [0, 0.05) is 25.3 Å². The van der Waals surface area contributed by atoms with Gasteiger partial charge < -0.3 is 20.0 Å². The average molecular weight is 396 g/mol. The molecule has 1 heterocycles. The molecule has 3 rings (SSSR count). The van der Waals surface area contributed by atoms with Crippen molar-refractivity contribution in [3.63, 3.8) is 0 Å². The third-order valence-corrected chi connectivity index (χ3v) is 5.21. The zero-order valence-corrected chi connectivity index (χ0v) is 16.7. The van der Waals surface area contributed by atoms with Crippen LogP contribution in [0.15, 0.2) is 59.7 Å². The van der Waals surface area contributed by atoms with Crippen LogP contribution in [0.4, 0.5) is 10.5 Å². The van der Waals surface area contributed by atoms with E-state index in [1.54, 1.807) is 24.3 Å². The van der Waals surface area contributed by atoms with Gasteiger partial charge >= 0.3 is 6.03 Å². The first-order valence-electron chi connectivity index (χ1n) is 10.2. The first kappa shape index (κ1) is 20.7. The Morgan fingerprint density at radius 3 is 2.72 bits per heavy atom. The highest BCUT2D eigenvalue weighted by Gasteiger charge is 2.20. The zero-order valence-electron chi connectivity index (χ0n) is 16.7. The van der Waals surface area contributed by atoms with Crippen LogP contribution in [-0.2, 0) is 6.54 Å². The van der Waals surface area contributed by atoms with Gasteiger partial charge in [-0.3, -0.25) is 4.79 Å². The van der Waals surface area contributed by atoms with Crippen LogP contribution in [0, 0.1) is 5.92 Å². The lowest BCUT2D eigenvalue weighted by Gasteiger charge is -2.29. The summed E-state index contributed by atoms with van der Waals surface area (Å²) in [7, 11) is 0. The van der Waals surface area contributed by atoms with Crippen molar-refractivity contribution >= 4 is 17.6 Å². The molecule has 2 aromatic rings. The number of carbonyl (C=O) groups is 2. The minimum atomic E-state index is -0.305. The average Bonchev–Trinajstić information content (AvgIpc) is 3.28. The second kappa shape index (κ2) is 10.5. The van der Waals surface area contributed by atoms with Crippen LogP contribution in [0.1, 0.15) is 48.2 Å². The van der Waals surface area contributed by atoms with E-state index in [0.717, 1.165) is 12.1 Å². The predicted octanol–water partition coefficient (Wildman–Crippen LogP) is 4.81. The number of carbonyl (C=O) groups excluding carboxylic acids is 2. The summed E-state index contributed by atoms with van der Waals surface area (Å²) in [6, 6.07) is 10.6. The smallest absolute Gasteiger partial charge is 0.317 e. The van der Waals surface area contributed by atoms with Crippen LogP contribution in [0.2, 0.25) is 0 Å². The Hall–Kier alpha value is -3.02. The molecule has 1 aliphatic carbocycles. The van der Waals surface area contributed by atoms with Gasteiger partial charge in [-0.15, -0.1) is 6.58 Å². The Bertz CT molecular complexity index is 811. The Kier molecular flexibility index (Phi) is 7.50. The van der Waals surface area contributed by atoms with Crippen molar-refractivity contribution in [3.05, 3.63) is 66.6 Å². The third kappa shape index (κ3) is 6.24. The first-order chi connectivity index (χ1) is 14.2. The van der Waals surface area contributed by atoms with Crippen LogP contribution < -0.4 is 10.6 Å². The maximum absolute atomic E-state index is 12.7. The molecule has 0 aliphatic heterocycles. The molecule has 6 nitrogen and oxygen atoms in total. The summed E-state index contributed by atoms with van der Waals surface area (Å²) in [5, 5.41) is 5.79. The van der Waals surface area contributed by atoms with E-state index in [2.05, 4.69) is 17.2 Å². The number of hydrogen-bond donors (Lipinski definition) is 2. The number of rotatable bonds is 8. The van der Waals surface area contributed by atoms with E-state index >= 15 is 0 Å². The van der Waals surface area contributed by atoms with Crippen LogP contribution in [0.5, 0.6) is 0 Å². The van der Waals surface area contributed by atoms with Gasteiger partial charge in [0.1, 0.15) is 0 Å². The topological polar surface area (TPSA) is 74.6 Å². The number of furan rings is 1. The number of nitrogens with zero attached hydrogens (tertiary/aromatic N) is 1. The van der Waals surface area contributed by atoms with E-state index in [4.69, 9.17) is 4.42 Å². The number of benzene rings is 1. The van der Waals surface area contributed by atoms with E-state index < -0.39 is 0 Å². The van der Waals surface area contributed by atoms with Gasteiger partial charge in [-0.25, -0.2) is 4.79 Å². The Balaban J connectivity index is 1.54. The lowest BCUT2D eigenvalue weighted by Crippen LogP contribution is -2.42. The maximum Gasteiger partial charge on any atom is 0.317 e. The summed E-state index contributed by atoms with van der Waals surface area (Å²) in [5.74, 6) is 0.530. The monoisotopic (exact) mass is 395 g/mol. The van der Waals surface area contributed by atoms with Crippen molar-refractivity contribution < 1.29 is 14.0 Å². The summed E-state index contributed by atoms with van der Waals surface area (Å²) in [6.45, 7) is 5.49. The minimum Gasteiger partial charge on any atom is -0.459 e. The summed E-state index contributed by atoms with van der Waals surface area (Å²) in [4.78, 5) is 26.6. The molecular weight excluding hydrogens is 366 g/mol. The highest BCUT2D eigenvalue weighted by Crippen LogP contribution is 2.24. The highest BCUT2D eigenvalue weighted by molar-refractivity contribution is 6.02. The quantitative estimate of drug-likeness (QED) is 0.630. The van der Waals surface area contributed by atoms with Crippen molar-refractivity contribution in [2.75, 3.05) is 18.4 Å². The fourth-order valence-corrected chi connectivity index (χ4v) is 3.73. The lowest BCUT2D eigenvalue weighted by atomic mass is 9.89. The Labute approximate surface area is 172 Å². The van der Waals surface area contributed by atoms with Gasteiger partial charge in [-0.2, -0.15) is 0 Å². The van der Waals surface area contributed by atoms with Crippen molar-refractivity contribution in [2.45, 2.75) is 38.6 Å². The normalized spacial score (nSPS) is 14.2. The van der Waals surface area contributed by atoms with Crippen LogP contribution in [0.3, 0.4) is 0 Å². The van der Waals surface area contributed by atoms with Gasteiger partial charge in [-0.1, -0.05) is 37.5 Å². The summed E-state index contributed by atoms with van der Waals surface area (Å²) < 4.78 is 5.11. The van der Waals surface area contributed by atoms with Gasteiger partial charge in [0.05, 0.1) is 6.26 Å². The van der Waals surface area contributed by atoms with Gasteiger partial charge in [-0.05, 0) is 48.6 Å². The zero-order chi connectivity index (χ0) is 20.5. The van der Waals surface area contributed by atoms with Crippen molar-refractivity contribution in [2.24, 2.45) is 5.92 Å². The molecule has 0 radical (unpaired) electrons. The van der Waals surface area contributed by atoms with Crippen LogP contribution >= 0.6 is 0 Å². The molecule has 1 aromatic carbocycles. The van der Waals surface area contributed by atoms with Gasteiger partial charge in [0.2, 0.25) is 0 Å². The Morgan fingerprint density at radius 2 is 2.00 bits per heavy atom. The molecular formula is C23H29N3O3. The number of nitrogens with one attached hydrogen (secondary N) is 2. The van der Waals surface area contributed by atoms with Crippen molar-refractivity contribution in [1.29, 1.82) is 0 Å². The molecule has 0 atom stereocenters. The predicted molar refractivity (Wildman–Crippen MR) is 114 cm³/mol. The fourth-order valence-electron chi connectivity index (χ4n) is 3.73. The SMILES string of the molecule is C=CCN(CC1CCCCC1)C(=O)NCc1cccc(NC(=O)c2ccco2)c1. The van der Waals surface area contributed by atoms with E-state index in [-0.39, 0.29) is 17.7 Å². The van der Waals surface area contributed by atoms with E-state index in [0.29, 0.717) is 24.7 Å².